The Balaban J connectivity index is -0.0000000185. The van der Waals surface area contributed by atoms with Crippen molar-refractivity contribution in [2.45, 2.75) is 0 Å². The minimum absolute atomic E-state index is 0. The van der Waals surface area contributed by atoms with E-state index in [1.54, 1.807) is 0 Å². The van der Waals surface area contributed by atoms with Crippen molar-refractivity contribution in [3.8, 4) is 0 Å². The van der Waals surface area contributed by atoms with Crippen LogP contribution in [0.25, 0.3) is 0 Å². The van der Waals surface area contributed by atoms with E-state index >= 15 is 0 Å². The molecule has 0 rings (SSSR count). The van der Waals surface area contributed by atoms with E-state index < -0.39 is 0 Å². The topological polar surface area (TPSA) is 152 Å². The van der Waals surface area contributed by atoms with Crippen LogP contribution in [0.5, 0.6) is 0 Å². The number of nitrogens with one attached hydrogen (secondary N) is 2. The molecule has 0 unspecified atom stereocenters. The highest BCUT2D eigenvalue weighted by atomic mass is 79.9. The van der Waals surface area contributed by atoms with Crippen LogP contribution in [0.3, 0.4) is 0 Å². The summed E-state index contributed by atoms with van der Waals surface area (Å²) in [7, 11) is 0. The van der Waals surface area contributed by atoms with E-state index in [9.17, 15) is 0 Å². The molecule has 0 saturated carbocycles. The Morgan fingerprint density at radius 3 is 0.950 bits per heavy atom. The van der Waals surface area contributed by atoms with Gasteiger partial charge in [0.1, 0.15) is 0 Å². The predicted molar refractivity (Wildman–Crippen MR) is 108 cm³/mol. The molecular formula is C6H22Br4Cl2N6S2-2. The minimum atomic E-state index is 0. The van der Waals surface area contributed by atoms with Gasteiger partial charge in [-0.3, -0.25) is 10.8 Å². The van der Waals surface area contributed by atoms with E-state index in [0.717, 1.165) is 11.5 Å². The third-order valence-electron chi connectivity index (χ3n) is 0.751. The molecule has 132 valence electrons. The molecule has 0 aliphatic carbocycles. The summed E-state index contributed by atoms with van der Waals surface area (Å²) in [5.74, 6) is 1.49. The fourth-order valence-corrected chi connectivity index (χ4v) is 1.01. The smallest absolute Gasteiger partial charge is 0.151 e. The SMILES string of the molecule is Br.Br.Br.Br.N=C(N)SCCN.N=C(N)SCCN.[Cl-].[Cl-]. The highest BCUT2D eigenvalue weighted by molar-refractivity contribution is 8.93. The largest absolute Gasteiger partial charge is 1.00 e. The van der Waals surface area contributed by atoms with E-state index in [1.165, 1.54) is 23.5 Å². The van der Waals surface area contributed by atoms with Crippen molar-refractivity contribution in [1.82, 2.24) is 0 Å². The Bertz CT molecular complexity index is 168. The second-order valence-electron chi connectivity index (χ2n) is 2.00. The summed E-state index contributed by atoms with van der Waals surface area (Å²) >= 11 is 2.53. The van der Waals surface area contributed by atoms with Crippen LogP contribution in [0, 0.1) is 10.8 Å². The second-order valence-corrected chi connectivity index (χ2v) is 4.28. The van der Waals surface area contributed by atoms with E-state index in [4.69, 9.17) is 33.8 Å². The Hall–Kier alpha value is 2.06. The fraction of sp³-hybridized carbons (Fsp3) is 0.667. The van der Waals surface area contributed by atoms with Gasteiger partial charge in [0.05, 0.1) is 0 Å². The summed E-state index contributed by atoms with van der Waals surface area (Å²) in [6, 6.07) is 0. The van der Waals surface area contributed by atoms with E-state index in [1.807, 2.05) is 0 Å². The van der Waals surface area contributed by atoms with Crippen molar-refractivity contribution in [3.05, 3.63) is 0 Å². The maximum Gasteiger partial charge on any atom is 0.151 e. The lowest BCUT2D eigenvalue weighted by Crippen LogP contribution is -3.00. The first-order valence-electron chi connectivity index (χ1n) is 3.88. The van der Waals surface area contributed by atoms with Crippen LogP contribution >= 0.6 is 91.4 Å². The molecule has 20 heavy (non-hydrogen) atoms. The molecule has 0 saturated heterocycles. The normalized spacial score (nSPS) is 6.10. The van der Waals surface area contributed by atoms with Crippen molar-refractivity contribution in [1.29, 1.82) is 10.8 Å². The maximum absolute atomic E-state index is 6.68. The molecule has 0 heterocycles. The van der Waals surface area contributed by atoms with Crippen LogP contribution in [0.15, 0.2) is 0 Å². The van der Waals surface area contributed by atoms with Crippen molar-refractivity contribution in [2.75, 3.05) is 24.6 Å². The Kier molecular flexibility index (Phi) is 106. The van der Waals surface area contributed by atoms with Gasteiger partial charge in [-0.05, 0) is 0 Å². The Morgan fingerprint density at radius 1 is 0.700 bits per heavy atom. The molecule has 10 N–H and O–H groups in total. The molecular weight excluding hydrogens is 611 g/mol. The predicted octanol–water partition coefficient (Wildman–Crippen LogP) is -4.54. The van der Waals surface area contributed by atoms with Crippen LogP contribution in [0.1, 0.15) is 0 Å². The average molecular weight is 633 g/mol. The molecule has 0 bridgehead atoms. The first kappa shape index (κ1) is 49.5. The molecule has 0 radical (unpaired) electrons. The molecule has 0 fully saturated rings. The van der Waals surface area contributed by atoms with Crippen molar-refractivity contribution >= 4 is 102 Å². The molecule has 0 aromatic heterocycles. The van der Waals surface area contributed by atoms with E-state index in [0.29, 0.717) is 13.1 Å². The second kappa shape index (κ2) is 42.9. The zero-order chi connectivity index (χ0) is 11.4. The van der Waals surface area contributed by atoms with Crippen LogP contribution in [0.2, 0.25) is 0 Å². The van der Waals surface area contributed by atoms with Crippen molar-refractivity contribution < 1.29 is 24.8 Å². The molecule has 0 aromatic rings. The van der Waals surface area contributed by atoms with Gasteiger partial charge in [0.15, 0.2) is 10.3 Å². The van der Waals surface area contributed by atoms with Gasteiger partial charge >= 0.3 is 0 Å². The lowest BCUT2D eigenvalue weighted by Gasteiger charge is -1.90. The molecule has 0 aromatic carbocycles. The molecule has 0 atom stereocenters. The third-order valence-corrected chi connectivity index (χ3v) is 2.25. The molecule has 6 nitrogen and oxygen atoms in total. The maximum atomic E-state index is 6.68. The average Bonchev–Trinajstić information content (AvgIpc) is 2.12. The molecule has 14 heteroatoms. The fourth-order valence-electron chi connectivity index (χ4n) is 0.338. The van der Waals surface area contributed by atoms with E-state index in [2.05, 4.69) is 0 Å². The van der Waals surface area contributed by atoms with Gasteiger partial charge in [0, 0.05) is 24.6 Å². The van der Waals surface area contributed by atoms with Crippen LogP contribution < -0.4 is 47.7 Å². The zero-order valence-electron chi connectivity index (χ0n) is 10.3. The summed E-state index contributed by atoms with van der Waals surface area (Å²) < 4.78 is 0. The van der Waals surface area contributed by atoms with Crippen LogP contribution in [-0.4, -0.2) is 34.9 Å². The monoisotopic (exact) mass is 628 g/mol. The van der Waals surface area contributed by atoms with Gasteiger partial charge in [0.2, 0.25) is 0 Å². The zero-order valence-corrected chi connectivity index (χ0v) is 20.3. The van der Waals surface area contributed by atoms with Crippen LogP contribution in [0.4, 0.5) is 0 Å². The minimum Gasteiger partial charge on any atom is -1.00 e. The first-order valence-corrected chi connectivity index (χ1v) is 5.85. The summed E-state index contributed by atoms with van der Waals surface area (Å²) in [4.78, 5) is 0. The van der Waals surface area contributed by atoms with Gasteiger partial charge in [-0.15, -0.1) is 67.9 Å². The lowest BCUT2D eigenvalue weighted by molar-refractivity contribution is -0.001000. The van der Waals surface area contributed by atoms with E-state index in [-0.39, 0.29) is 103 Å². The molecule has 0 aliphatic heterocycles. The van der Waals surface area contributed by atoms with Crippen LogP contribution in [-0.2, 0) is 0 Å². The molecule has 0 spiro atoms. The Labute approximate surface area is 183 Å². The van der Waals surface area contributed by atoms with Gasteiger partial charge < -0.3 is 47.7 Å². The van der Waals surface area contributed by atoms with Crippen molar-refractivity contribution in [3.63, 3.8) is 0 Å². The number of thioether (sulfide) groups is 2. The Morgan fingerprint density at radius 2 is 0.900 bits per heavy atom. The number of halogens is 6. The number of amidine groups is 2. The number of rotatable bonds is 4. The summed E-state index contributed by atoms with van der Waals surface area (Å²) in [5.41, 5.74) is 20.1. The number of hydrogen-bond acceptors (Lipinski definition) is 6. The summed E-state index contributed by atoms with van der Waals surface area (Å²) in [6.07, 6.45) is 0. The number of nitrogens with two attached hydrogens (primary N) is 4. The first-order chi connectivity index (χ1) is 6.54. The molecule has 0 aliphatic rings. The summed E-state index contributed by atoms with van der Waals surface area (Å²) in [6.45, 7) is 1.18. The quantitative estimate of drug-likeness (QED) is 0.136. The van der Waals surface area contributed by atoms with Crippen molar-refractivity contribution in [2.24, 2.45) is 22.9 Å². The van der Waals surface area contributed by atoms with Gasteiger partial charge in [-0.2, -0.15) is 0 Å². The van der Waals surface area contributed by atoms with Gasteiger partial charge in [0.25, 0.3) is 0 Å². The standard InChI is InChI=1S/2C3H9N3S.4BrH.2ClH/c2*4-1-2-7-3(5)6;;;;;;/h2*1-2,4H2,(H3,5,6);6*1H/p-2. The highest BCUT2D eigenvalue weighted by Crippen LogP contribution is 1.93. The highest BCUT2D eigenvalue weighted by Gasteiger charge is 1.84. The number of hydrogen-bond donors (Lipinski definition) is 6. The van der Waals surface area contributed by atoms with Gasteiger partial charge in [-0.25, -0.2) is 0 Å². The third kappa shape index (κ3) is 72.0. The molecule has 0 amide bonds. The van der Waals surface area contributed by atoms with Gasteiger partial charge in [-0.1, -0.05) is 23.5 Å². The summed E-state index contributed by atoms with van der Waals surface area (Å²) in [5, 5.41) is 13.7. The lowest BCUT2D eigenvalue weighted by atomic mass is 10.8.